The van der Waals surface area contributed by atoms with Crippen LogP contribution < -0.4 is 4.90 Å². The Morgan fingerprint density at radius 2 is 2.15 bits per heavy atom. The van der Waals surface area contributed by atoms with Gasteiger partial charge in [-0.3, -0.25) is 15.2 Å². The van der Waals surface area contributed by atoms with Crippen LogP contribution in [0.4, 0.5) is 11.4 Å². The normalized spacial score (nSPS) is 17.3. The standard InChI is InChI=1S/C14H14N4O2/c19-18(20)11-3-1-2-10(8-11)13-14-12(15-16-13)9-4-6-17(14)7-5-9/h1-3,8-9H,4-7H2,(H,15,16). The number of hydrogen-bond donors (Lipinski definition) is 1. The molecular weight excluding hydrogens is 256 g/mol. The Morgan fingerprint density at radius 3 is 2.90 bits per heavy atom. The number of hydrogen-bond acceptors (Lipinski definition) is 4. The van der Waals surface area contributed by atoms with Crippen molar-refractivity contribution < 1.29 is 4.92 Å². The Hall–Kier alpha value is -2.37. The smallest absolute Gasteiger partial charge is 0.270 e. The van der Waals surface area contributed by atoms with Crippen molar-refractivity contribution in [3.8, 4) is 11.3 Å². The van der Waals surface area contributed by atoms with Crippen molar-refractivity contribution in [1.82, 2.24) is 10.2 Å². The molecule has 2 aromatic rings. The monoisotopic (exact) mass is 270 g/mol. The average molecular weight is 270 g/mol. The van der Waals surface area contributed by atoms with E-state index in [4.69, 9.17) is 0 Å². The third-order valence-electron chi connectivity index (χ3n) is 4.32. The number of anilines is 1. The van der Waals surface area contributed by atoms with Crippen molar-refractivity contribution in [3.05, 3.63) is 40.1 Å². The van der Waals surface area contributed by atoms with Gasteiger partial charge in [-0.1, -0.05) is 12.1 Å². The third-order valence-corrected chi connectivity index (χ3v) is 4.32. The fourth-order valence-electron chi connectivity index (χ4n) is 3.31. The number of nitro benzene ring substituents is 1. The van der Waals surface area contributed by atoms with E-state index in [9.17, 15) is 10.1 Å². The Bertz CT molecular complexity index is 686. The molecule has 0 unspecified atom stereocenters. The van der Waals surface area contributed by atoms with Crippen LogP contribution in [0, 0.1) is 10.1 Å². The van der Waals surface area contributed by atoms with Gasteiger partial charge in [0.2, 0.25) is 0 Å². The minimum Gasteiger partial charge on any atom is -0.368 e. The zero-order valence-electron chi connectivity index (χ0n) is 10.9. The Kier molecular flexibility index (Phi) is 2.33. The molecule has 1 aromatic heterocycles. The van der Waals surface area contributed by atoms with Gasteiger partial charge in [0, 0.05) is 36.7 Å². The first-order valence-electron chi connectivity index (χ1n) is 6.82. The van der Waals surface area contributed by atoms with Gasteiger partial charge in [-0.25, -0.2) is 0 Å². The summed E-state index contributed by atoms with van der Waals surface area (Å²) in [6.07, 6.45) is 2.34. The largest absolute Gasteiger partial charge is 0.368 e. The summed E-state index contributed by atoms with van der Waals surface area (Å²) >= 11 is 0. The van der Waals surface area contributed by atoms with Gasteiger partial charge in [0.25, 0.3) is 5.69 Å². The van der Waals surface area contributed by atoms with Crippen LogP contribution in [0.1, 0.15) is 24.5 Å². The van der Waals surface area contributed by atoms with Gasteiger partial charge < -0.3 is 4.90 Å². The summed E-state index contributed by atoms with van der Waals surface area (Å²) < 4.78 is 0. The zero-order valence-corrected chi connectivity index (χ0v) is 10.9. The van der Waals surface area contributed by atoms with Crippen LogP contribution in [-0.2, 0) is 0 Å². The van der Waals surface area contributed by atoms with Crippen molar-refractivity contribution in [1.29, 1.82) is 0 Å². The maximum atomic E-state index is 10.9. The van der Waals surface area contributed by atoms with Gasteiger partial charge in [0.1, 0.15) is 5.69 Å². The first-order chi connectivity index (χ1) is 9.74. The van der Waals surface area contributed by atoms with Crippen LogP contribution in [0.2, 0.25) is 0 Å². The lowest BCUT2D eigenvalue weighted by Crippen LogP contribution is -2.38. The molecule has 1 aromatic carbocycles. The van der Waals surface area contributed by atoms with Gasteiger partial charge in [-0.2, -0.15) is 5.10 Å². The highest BCUT2D eigenvalue weighted by atomic mass is 16.6. The number of H-pyrrole nitrogens is 1. The molecule has 2 bridgehead atoms. The Labute approximate surface area is 115 Å². The van der Waals surface area contributed by atoms with Crippen molar-refractivity contribution in [2.75, 3.05) is 18.0 Å². The second-order valence-corrected chi connectivity index (χ2v) is 5.40. The first-order valence-corrected chi connectivity index (χ1v) is 6.82. The molecule has 1 N–H and O–H groups in total. The minimum atomic E-state index is -0.366. The molecule has 6 nitrogen and oxygen atoms in total. The number of nitrogens with one attached hydrogen (secondary N) is 1. The van der Waals surface area contributed by atoms with E-state index in [0.29, 0.717) is 5.92 Å². The van der Waals surface area contributed by atoms with E-state index in [-0.39, 0.29) is 10.6 Å². The summed E-state index contributed by atoms with van der Waals surface area (Å²) in [5, 5.41) is 18.5. The Morgan fingerprint density at radius 1 is 1.35 bits per heavy atom. The molecule has 5 rings (SSSR count). The predicted molar refractivity (Wildman–Crippen MR) is 74.9 cm³/mol. The number of aromatic nitrogens is 2. The average Bonchev–Trinajstić information content (AvgIpc) is 2.95. The summed E-state index contributed by atoms with van der Waals surface area (Å²) in [6, 6.07) is 6.70. The van der Waals surface area contributed by atoms with E-state index in [1.165, 1.54) is 24.6 Å². The zero-order chi connectivity index (χ0) is 13.7. The van der Waals surface area contributed by atoms with Gasteiger partial charge in [-0.05, 0) is 12.8 Å². The van der Waals surface area contributed by atoms with Crippen LogP contribution in [-0.4, -0.2) is 28.2 Å². The number of nitro groups is 1. The topological polar surface area (TPSA) is 75.1 Å². The maximum Gasteiger partial charge on any atom is 0.270 e. The number of nitrogens with zero attached hydrogens (tertiary/aromatic N) is 3. The summed E-state index contributed by atoms with van der Waals surface area (Å²) in [6.45, 7) is 2.11. The molecule has 1 saturated heterocycles. The molecular formula is C14H14N4O2. The van der Waals surface area contributed by atoms with Crippen LogP contribution in [0.3, 0.4) is 0 Å². The molecule has 6 heteroatoms. The molecule has 102 valence electrons. The highest BCUT2D eigenvalue weighted by molar-refractivity contribution is 5.79. The molecule has 4 heterocycles. The van der Waals surface area contributed by atoms with Crippen LogP contribution in [0.25, 0.3) is 11.3 Å². The summed E-state index contributed by atoms with van der Waals surface area (Å²) in [5.74, 6) is 0.565. The number of non-ortho nitro benzene ring substituents is 1. The van der Waals surface area contributed by atoms with E-state index in [1.54, 1.807) is 12.1 Å². The molecule has 0 saturated carbocycles. The Balaban J connectivity index is 1.84. The lowest BCUT2D eigenvalue weighted by atomic mass is 9.86. The maximum absolute atomic E-state index is 10.9. The van der Waals surface area contributed by atoms with Gasteiger partial charge in [-0.15, -0.1) is 0 Å². The van der Waals surface area contributed by atoms with Gasteiger partial charge in [0.05, 0.1) is 16.3 Å². The molecule has 0 radical (unpaired) electrons. The van der Waals surface area contributed by atoms with E-state index >= 15 is 0 Å². The molecule has 0 aliphatic carbocycles. The molecule has 0 atom stereocenters. The van der Waals surface area contributed by atoms with Crippen LogP contribution in [0.5, 0.6) is 0 Å². The SMILES string of the molecule is O=[N+]([O-])c1cccc(-c2n[nH]c3c2N2CCC3CC2)c1. The highest BCUT2D eigenvalue weighted by Gasteiger charge is 2.35. The van der Waals surface area contributed by atoms with E-state index < -0.39 is 0 Å². The summed E-state index contributed by atoms with van der Waals surface area (Å²) in [7, 11) is 0. The van der Waals surface area contributed by atoms with Crippen molar-refractivity contribution in [3.63, 3.8) is 0 Å². The molecule has 3 aliphatic heterocycles. The number of aromatic amines is 1. The summed E-state index contributed by atoms with van der Waals surface area (Å²) in [5.41, 5.74) is 4.10. The fourth-order valence-corrected chi connectivity index (χ4v) is 3.31. The number of benzene rings is 1. The molecule has 1 fully saturated rings. The minimum absolute atomic E-state index is 0.107. The van der Waals surface area contributed by atoms with Crippen LogP contribution >= 0.6 is 0 Å². The molecule has 3 aliphatic rings. The number of rotatable bonds is 2. The first kappa shape index (κ1) is 11.5. The number of fused-ring (bicyclic) bond motifs is 2. The van der Waals surface area contributed by atoms with Crippen molar-refractivity contribution in [2.24, 2.45) is 0 Å². The second kappa shape index (κ2) is 4.06. The van der Waals surface area contributed by atoms with E-state index in [0.717, 1.165) is 30.0 Å². The van der Waals surface area contributed by atoms with Crippen LogP contribution in [0.15, 0.2) is 24.3 Å². The van der Waals surface area contributed by atoms with Crippen molar-refractivity contribution >= 4 is 11.4 Å². The molecule has 0 spiro atoms. The molecule has 20 heavy (non-hydrogen) atoms. The fraction of sp³-hybridized carbons (Fsp3) is 0.357. The lowest BCUT2D eigenvalue weighted by Gasteiger charge is -2.40. The lowest BCUT2D eigenvalue weighted by molar-refractivity contribution is -0.384. The highest BCUT2D eigenvalue weighted by Crippen LogP contribution is 2.45. The van der Waals surface area contributed by atoms with E-state index in [2.05, 4.69) is 15.1 Å². The molecule has 0 amide bonds. The summed E-state index contributed by atoms with van der Waals surface area (Å²) in [4.78, 5) is 12.9. The van der Waals surface area contributed by atoms with Gasteiger partial charge >= 0.3 is 0 Å². The van der Waals surface area contributed by atoms with Crippen molar-refractivity contribution in [2.45, 2.75) is 18.8 Å². The number of piperidine rings is 1. The second-order valence-electron chi connectivity index (χ2n) is 5.40. The van der Waals surface area contributed by atoms with Gasteiger partial charge in [0.15, 0.2) is 0 Å². The third kappa shape index (κ3) is 1.54. The predicted octanol–water partition coefficient (Wildman–Crippen LogP) is 2.68. The van der Waals surface area contributed by atoms with E-state index in [1.807, 2.05) is 6.07 Å². The quantitative estimate of drug-likeness (QED) is 0.672.